The van der Waals surface area contributed by atoms with Gasteiger partial charge in [0.15, 0.2) is 0 Å². The second-order valence-corrected chi connectivity index (χ2v) is 3.91. The summed E-state index contributed by atoms with van der Waals surface area (Å²) in [5, 5.41) is 9.54. The summed E-state index contributed by atoms with van der Waals surface area (Å²) in [4.78, 5) is 0. The summed E-state index contributed by atoms with van der Waals surface area (Å²) >= 11 is 3.47. The van der Waals surface area contributed by atoms with Crippen LogP contribution in [0.5, 0.6) is 0 Å². The highest BCUT2D eigenvalue weighted by Gasteiger charge is 2.04. The van der Waals surface area contributed by atoms with Gasteiger partial charge in [-0.1, -0.05) is 40.2 Å². The maximum absolute atomic E-state index is 7.45. The zero-order valence-corrected chi connectivity index (χ0v) is 9.01. The Morgan fingerprint density at radius 2 is 1.71 bits per heavy atom. The molecule has 3 heteroatoms. The van der Waals surface area contributed by atoms with Crippen molar-refractivity contribution >= 4 is 32.5 Å². The van der Waals surface area contributed by atoms with Crippen molar-refractivity contribution in [2.75, 3.05) is 0 Å². The van der Waals surface area contributed by atoms with Crippen molar-refractivity contribution in [3.63, 3.8) is 0 Å². The Hall–Kier alpha value is -1.35. The predicted octanol–water partition coefficient (Wildman–Crippen LogP) is 2.89. The second kappa shape index (κ2) is 3.42. The lowest BCUT2D eigenvalue weighted by molar-refractivity contribution is 1.44. The van der Waals surface area contributed by atoms with E-state index in [4.69, 9.17) is 11.1 Å². The van der Waals surface area contributed by atoms with E-state index >= 15 is 0 Å². The lowest BCUT2D eigenvalue weighted by Gasteiger charge is -2.05. The lowest BCUT2D eigenvalue weighted by atomic mass is 10.0. The Balaban J connectivity index is 2.88. The molecular formula is C11H9BrN2. The van der Waals surface area contributed by atoms with Crippen molar-refractivity contribution in [3.8, 4) is 0 Å². The molecule has 3 N–H and O–H groups in total. The number of benzene rings is 2. The number of amidine groups is 1. The summed E-state index contributed by atoms with van der Waals surface area (Å²) in [5.41, 5.74) is 6.28. The van der Waals surface area contributed by atoms with E-state index in [1.807, 2.05) is 36.4 Å². The van der Waals surface area contributed by atoms with Gasteiger partial charge in [-0.25, -0.2) is 0 Å². The summed E-state index contributed by atoms with van der Waals surface area (Å²) in [6, 6.07) is 11.7. The van der Waals surface area contributed by atoms with Gasteiger partial charge in [0.25, 0.3) is 0 Å². The van der Waals surface area contributed by atoms with Gasteiger partial charge in [-0.2, -0.15) is 0 Å². The molecule has 0 radical (unpaired) electrons. The van der Waals surface area contributed by atoms with Gasteiger partial charge >= 0.3 is 0 Å². The highest BCUT2D eigenvalue weighted by Crippen LogP contribution is 2.26. The molecule has 0 bridgehead atoms. The Morgan fingerprint density at radius 3 is 2.36 bits per heavy atom. The first-order chi connectivity index (χ1) is 6.70. The molecule has 0 amide bonds. The average Bonchev–Trinajstić information content (AvgIpc) is 2.18. The Kier molecular flexibility index (Phi) is 2.25. The minimum absolute atomic E-state index is 0.105. The molecule has 0 heterocycles. The van der Waals surface area contributed by atoms with Gasteiger partial charge in [-0.3, -0.25) is 5.41 Å². The molecule has 0 aliphatic carbocycles. The maximum Gasteiger partial charge on any atom is 0.123 e. The summed E-state index contributed by atoms with van der Waals surface area (Å²) < 4.78 is 1.03. The third kappa shape index (κ3) is 1.40. The first-order valence-electron chi connectivity index (χ1n) is 4.22. The molecule has 0 saturated heterocycles. The molecule has 2 rings (SSSR count). The molecule has 0 unspecified atom stereocenters. The number of nitrogens with two attached hydrogens (primary N) is 1. The molecule has 0 fully saturated rings. The maximum atomic E-state index is 7.45. The van der Waals surface area contributed by atoms with Crippen molar-refractivity contribution in [2.24, 2.45) is 5.73 Å². The van der Waals surface area contributed by atoms with Gasteiger partial charge in [0.05, 0.1) is 0 Å². The van der Waals surface area contributed by atoms with Gasteiger partial charge in [-0.05, 0) is 22.9 Å². The predicted molar refractivity (Wildman–Crippen MR) is 62.7 cm³/mol. The van der Waals surface area contributed by atoms with E-state index in [9.17, 15) is 0 Å². The van der Waals surface area contributed by atoms with Crippen LogP contribution in [0, 0.1) is 5.41 Å². The van der Waals surface area contributed by atoms with Gasteiger partial charge in [0, 0.05) is 10.0 Å². The van der Waals surface area contributed by atoms with E-state index in [1.54, 1.807) is 0 Å². The summed E-state index contributed by atoms with van der Waals surface area (Å²) in [6.07, 6.45) is 0. The Morgan fingerprint density at radius 1 is 1.07 bits per heavy atom. The molecule has 0 aromatic heterocycles. The van der Waals surface area contributed by atoms with E-state index in [1.165, 1.54) is 0 Å². The van der Waals surface area contributed by atoms with E-state index < -0.39 is 0 Å². The number of nitrogen functional groups attached to an aromatic ring is 1. The Bertz CT molecular complexity index is 506. The van der Waals surface area contributed by atoms with E-state index in [0.29, 0.717) is 0 Å². The molecule has 0 aliphatic heterocycles. The fourth-order valence-corrected chi connectivity index (χ4v) is 1.98. The number of hydrogen-bond donors (Lipinski definition) is 2. The van der Waals surface area contributed by atoms with E-state index in [2.05, 4.69) is 15.9 Å². The quantitative estimate of drug-likeness (QED) is 0.592. The van der Waals surface area contributed by atoms with Crippen molar-refractivity contribution in [3.05, 3.63) is 46.4 Å². The van der Waals surface area contributed by atoms with E-state index in [0.717, 1.165) is 20.8 Å². The third-order valence-electron chi connectivity index (χ3n) is 2.16. The average molecular weight is 249 g/mol. The standard InChI is InChI=1S/C11H9BrN2/c12-10-6-5-9(11(13)14)7-3-1-2-4-8(7)10/h1-6H,(H3,13,14). The monoisotopic (exact) mass is 248 g/mol. The number of nitrogens with one attached hydrogen (secondary N) is 1. The second-order valence-electron chi connectivity index (χ2n) is 3.05. The number of fused-ring (bicyclic) bond motifs is 1. The van der Waals surface area contributed by atoms with Crippen molar-refractivity contribution < 1.29 is 0 Å². The fraction of sp³-hybridized carbons (Fsp3) is 0. The SMILES string of the molecule is N=C(N)c1ccc(Br)c2ccccc12. The van der Waals surface area contributed by atoms with Crippen LogP contribution in [-0.4, -0.2) is 5.84 Å². The normalized spacial score (nSPS) is 10.4. The van der Waals surface area contributed by atoms with Crippen LogP contribution in [0.1, 0.15) is 5.56 Å². The van der Waals surface area contributed by atoms with Gasteiger partial charge in [0.1, 0.15) is 5.84 Å². The van der Waals surface area contributed by atoms with E-state index in [-0.39, 0.29) is 5.84 Å². The highest BCUT2D eigenvalue weighted by atomic mass is 79.9. The molecule has 14 heavy (non-hydrogen) atoms. The van der Waals surface area contributed by atoms with Crippen LogP contribution in [0.4, 0.5) is 0 Å². The molecule has 2 nitrogen and oxygen atoms in total. The topological polar surface area (TPSA) is 49.9 Å². The first kappa shape index (κ1) is 9.21. The van der Waals surface area contributed by atoms with Gasteiger partial charge in [0.2, 0.25) is 0 Å². The molecule has 0 atom stereocenters. The van der Waals surface area contributed by atoms with Crippen molar-refractivity contribution in [2.45, 2.75) is 0 Å². The Labute approximate surface area is 90.4 Å². The number of rotatable bonds is 1. The molecule has 2 aromatic rings. The third-order valence-corrected chi connectivity index (χ3v) is 2.85. The zero-order valence-electron chi connectivity index (χ0n) is 7.42. The van der Waals surface area contributed by atoms with Crippen LogP contribution in [0.15, 0.2) is 40.9 Å². The number of hydrogen-bond acceptors (Lipinski definition) is 1. The van der Waals surface area contributed by atoms with Crippen LogP contribution in [-0.2, 0) is 0 Å². The number of halogens is 1. The summed E-state index contributed by atoms with van der Waals surface area (Å²) in [5.74, 6) is 0.105. The molecular weight excluding hydrogens is 240 g/mol. The van der Waals surface area contributed by atoms with Crippen LogP contribution in [0.2, 0.25) is 0 Å². The molecule has 2 aromatic carbocycles. The van der Waals surface area contributed by atoms with Gasteiger partial charge in [-0.15, -0.1) is 0 Å². The van der Waals surface area contributed by atoms with Crippen LogP contribution < -0.4 is 5.73 Å². The fourth-order valence-electron chi connectivity index (χ4n) is 1.50. The zero-order chi connectivity index (χ0) is 10.1. The minimum atomic E-state index is 0.105. The molecule has 0 spiro atoms. The molecule has 0 saturated carbocycles. The largest absolute Gasteiger partial charge is 0.384 e. The summed E-state index contributed by atoms with van der Waals surface area (Å²) in [7, 11) is 0. The molecule has 0 aliphatic rings. The van der Waals surface area contributed by atoms with Crippen LogP contribution in [0.25, 0.3) is 10.8 Å². The first-order valence-corrected chi connectivity index (χ1v) is 5.01. The van der Waals surface area contributed by atoms with Crippen LogP contribution >= 0.6 is 15.9 Å². The lowest BCUT2D eigenvalue weighted by Crippen LogP contribution is -2.11. The van der Waals surface area contributed by atoms with Crippen molar-refractivity contribution in [1.82, 2.24) is 0 Å². The highest BCUT2D eigenvalue weighted by molar-refractivity contribution is 9.10. The minimum Gasteiger partial charge on any atom is -0.384 e. The van der Waals surface area contributed by atoms with Crippen molar-refractivity contribution in [1.29, 1.82) is 5.41 Å². The molecule has 70 valence electrons. The van der Waals surface area contributed by atoms with Crippen LogP contribution in [0.3, 0.4) is 0 Å². The van der Waals surface area contributed by atoms with Gasteiger partial charge < -0.3 is 5.73 Å². The summed E-state index contributed by atoms with van der Waals surface area (Å²) in [6.45, 7) is 0. The smallest absolute Gasteiger partial charge is 0.123 e.